The number of carbonyl (C=O) groups is 1. The quantitative estimate of drug-likeness (QED) is 0.472. The number of anilines is 1. The molecule has 168 valence electrons. The minimum Gasteiger partial charge on any atom is -0.356 e. The summed E-state index contributed by atoms with van der Waals surface area (Å²) in [4.78, 5) is 25.7. The Morgan fingerprint density at radius 2 is 2.09 bits per heavy atom. The van der Waals surface area contributed by atoms with E-state index in [1.165, 1.54) is 5.56 Å². The number of amides is 1. The molecule has 32 heavy (non-hydrogen) atoms. The Morgan fingerprint density at radius 1 is 1.25 bits per heavy atom. The number of hydrogen-bond acceptors (Lipinski definition) is 4. The molecule has 0 atom stereocenters. The summed E-state index contributed by atoms with van der Waals surface area (Å²) in [7, 11) is 1.85. The number of piperazine rings is 1. The highest BCUT2D eigenvalue weighted by atomic mass is 16.2. The highest BCUT2D eigenvalue weighted by Crippen LogP contribution is 2.16. The van der Waals surface area contributed by atoms with Crippen molar-refractivity contribution in [3.63, 3.8) is 0 Å². The van der Waals surface area contributed by atoms with Gasteiger partial charge in [0, 0.05) is 51.8 Å². The number of aryl methyl sites for hydroxylation is 2. The first-order valence-electron chi connectivity index (χ1n) is 10.9. The lowest BCUT2D eigenvalue weighted by Crippen LogP contribution is -2.55. The number of aromatic nitrogens is 4. The fourth-order valence-corrected chi connectivity index (χ4v) is 3.86. The molecule has 1 N–H and O–H groups in total. The zero-order valence-corrected chi connectivity index (χ0v) is 18.9. The summed E-state index contributed by atoms with van der Waals surface area (Å²) in [6.07, 6.45) is 7.41. The van der Waals surface area contributed by atoms with Crippen LogP contribution in [0.5, 0.6) is 0 Å². The van der Waals surface area contributed by atoms with Crippen LogP contribution in [0.4, 0.5) is 5.69 Å². The Balaban J connectivity index is 1.43. The van der Waals surface area contributed by atoms with Gasteiger partial charge in [-0.2, -0.15) is 5.10 Å². The van der Waals surface area contributed by atoms with Crippen LogP contribution in [0.2, 0.25) is 0 Å². The Kier molecular flexibility index (Phi) is 6.53. The summed E-state index contributed by atoms with van der Waals surface area (Å²) in [6.45, 7) is 7.74. The number of imidazole rings is 1. The first-order chi connectivity index (χ1) is 15.5. The van der Waals surface area contributed by atoms with Crippen LogP contribution in [-0.4, -0.2) is 62.3 Å². The molecule has 3 aromatic rings. The van der Waals surface area contributed by atoms with Gasteiger partial charge in [0.25, 0.3) is 0 Å². The molecule has 0 saturated carbocycles. The van der Waals surface area contributed by atoms with Crippen LogP contribution in [-0.2, 0) is 24.9 Å². The second kappa shape index (κ2) is 9.67. The van der Waals surface area contributed by atoms with Crippen molar-refractivity contribution in [2.45, 2.75) is 26.9 Å². The van der Waals surface area contributed by atoms with E-state index < -0.39 is 0 Å². The van der Waals surface area contributed by atoms with Crippen LogP contribution in [0.3, 0.4) is 0 Å². The van der Waals surface area contributed by atoms with E-state index in [1.54, 1.807) is 15.8 Å². The maximum absolute atomic E-state index is 12.8. The molecule has 9 heteroatoms. The number of aliphatic imine (C=N–C) groups is 1. The number of nitrogens with zero attached hydrogens (tertiary/aromatic N) is 7. The average Bonchev–Trinajstić information content (AvgIpc) is 3.39. The summed E-state index contributed by atoms with van der Waals surface area (Å²) >= 11 is 0. The van der Waals surface area contributed by atoms with Crippen LogP contribution < -0.4 is 10.2 Å². The van der Waals surface area contributed by atoms with E-state index in [1.807, 2.05) is 44.4 Å². The lowest BCUT2D eigenvalue weighted by atomic mass is 10.1. The molecule has 3 heterocycles. The number of nitrogens with one attached hydrogen (secondary N) is 1. The van der Waals surface area contributed by atoms with Gasteiger partial charge in [-0.15, -0.1) is 0 Å². The number of guanidine groups is 1. The lowest BCUT2D eigenvalue weighted by molar-refractivity contribution is -0.120. The predicted octanol–water partition coefficient (Wildman–Crippen LogP) is 1.79. The molecule has 2 aromatic heterocycles. The van der Waals surface area contributed by atoms with Crippen LogP contribution in [0.25, 0.3) is 0 Å². The van der Waals surface area contributed by atoms with Crippen molar-refractivity contribution in [2.75, 3.05) is 31.1 Å². The summed E-state index contributed by atoms with van der Waals surface area (Å²) < 4.78 is 3.84. The van der Waals surface area contributed by atoms with E-state index in [0.29, 0.717) is 26.2 Å². The zero-order chi connectivity index (χ0) is 22.5. The third-order valence-electron chi connectivity index (χ3n) is 5.54. The van der Waals surface area contributed by atoms with E-state index in [0.717, 1.165) is 36.1 Å². The minimum atomic E-state index is 0.0487. The molecule has 0 bridgehead atoms. The Bertz CT molecular complexity index is 1100. The van der Waals surface area contributed by atoms with Crippen molar-refractivity contribution >= 4 is 17.6 Å². The topological polar surface area (TPSA) is 83.6 Å². The molecular formula is C23H30N8O. The molecule has 1 aromatic carbocycles. The van der Waals surface area contributed by atoms with E-state index in [9.17, 15) is 4.79 Å². The molecule has 0 aliphatic carbocycles. The van der Waals surface area contributed by atoms with Gasteiger partial charge in [-0.3, -0.25) is 9.48 Å². The van der Waals surface area contributed by atoms with E-state index in [-0.39, 0.29) is 5.91 Å². The lowest BCUT2D eigenvalue weighted by Gasteiger charge is -2.35. The summed E-state index contributed by atoms with van der Waals surface area (Å²) in [5.74, 6) is 1.81. The largest absolute Gasteiger partial charge is 0.356 e. The first-order valence-corrected chi connectivity index (χ1v) is 10.9. The van der Waals surface area contributed by atoms with Gasteiger partial charge < -0.3 is 19.7 Å². The molecule has 1 aliphatic heterocycles. The van der Waals surface area contributed by atoms with Crippen molar-refractivity contribution in [3.8, 4) is 0 Å². The molecule has 0 radical (unpaired) electrons. The minimum absolute atomic E-state index is 0.0487. The van der Waals surface area contributed by atoms with Gasteiger partial charge in [0.15, 0.2) is 5.96 Å². The molecule has 4 rings (SSSR count). The van der Waals surface area contributed by atoms with Crippen LogP contribution in [0, 0.1) is 6.92 Å². The normalized spacial score (nSPS) is 14.8. The third kappa shape index (κ3) is 4.99. The monoisotopic (exact) mass is 434 g/mol. The van der Waals surface area contributed by atoms with Gasteiger partial charge in [-0.05, 0) is 25.0 Å². The summed E-state index contributed by atoms with van der Waals surface area (Å²) in [5, 5.41) is 7.51. The van der Waals surface area contributed by atoms with Crippen LogP contribution >= 0.6 is 0 Å². The van der Waals surface area contributed by atoms with Crippen molar-refractivity contribution in [1.82, 2.24) is 29.5 Å². The highest BCUT2D eigenvalue weighted by Gasteiger charge is 2.27. The maximum atomic E-state index is 12.8. The van der Waals surface area contributed by atoms with Crippen molar-refractivity contribution < 1.29 is 4.79 Å². The Hall–Kier alpha value is -3.62. The van der Waals surface area contributed by atoms with Gasteiger partial charge in [0.2, 0.25) is 5.91 Å². The van der Waals surface area contributed by atoms with E-state index >= 15 is 0 Å². The van der Waals surface area contributed by atoms with Gasteiger partial charge in [-0.25, -0.2) is 9.98 Å². The number of hydrogen-bond donors (Lipinski definition) is 1. The van der Waals surface area contributed by atoms with Gasteiger partial charge in [-0.1, -0.05) is 24.3 Å². The number of rotatable bonds is 6. The zero-order valence-electron chi connectivity index (χ0n) is 18.9. The van der Waals surface area contributed by atoms with Gasteiger partial charge >= 0.3 is 0 Å². The van der Waals surface area contributed by atoms with Crippen molar-refractivity contribution in [2.24, 2.45) is 12.0 Å². The molecule has 0 spiro atoms. The summed E-state index contributed by atoms with van der Waals surface area (Å²) in [6, 6.07) is 8.45. The predicted molar refractivity (Wildman–Crippen MR) is 124 cm³/mol. The fraction of sp³-hybridized carbons (Fsp3) is 0.391. The standard InChI is InChI=1S/C23H30N8O/c1-4-24-23(30-10-11-31(22(32)17-30)21-14-27-28(3)16-21)26-13-19-6-5-7-20(12-19)15-29-9-8-25-18(29)2/h5-9,12,14,16H,4,10-11,13,15,17H2,1-3H3,(H,24,26). The van der Waals surface area contributed by atoms with Crippen LogP contribution in [0.15, 0.2) is 54.0 Å². The molecule has 1 fully saturated rings. The van der Waals surface area contributed by atoms with Gasteiger partial charge in [0.1, 0.15) is 12.4 Å². The molecule has 1 saturated heterocycles. The Labute approximate surface area is 188 Å². The number of carbonyl (C=O) groups excluding carboxylic acids is 1. The van der Waals surface area contributed by atoms with E-state index in [2.05, 4.69) is 44.2 Å². The summed E-state index contributed by atoms with van der Waals surface area (Å²) in [5.41, 5.74) is 3.18. The third-order valence-corrected chi connectivity index (χ3v) is 5.54. The van der Waals surface area contributed by atoms with Crippen molar-refractivity contribution in [1.29, 1.82) is 0 Å². The molecule has 9 nitrogen and oxygen atoms in total. The highest BCUT2D eigenvalue weighted by molar-refractivity contribution is 5.98. The fourth-order valence-electron chi connectivity index (χ4n) is 3.86. The second-order valence-electron chi connectivity index (χ2n) is 7.93. The maximum Gasteiger partial charge on any atom is 0.246 e. The SMILES string of the molecule is CCNC(=NCc1cccc(Cn2ccnc2C)c1)N1CCN(c2cnn(C)c2)C(=O)C1. The molecule has 1 amide bonds. The molecule has 1 aliphatic rings. The molecular weight excluding hydrogens is 404 g/mol. The molecule has 0 unspecified atom stereocenters. The smallest absolute Gasteiger partial charge is 0.246 e. The van der Waals surface area contributed by atoms with Crippen molar-refractivity contribution in [3.05, 3.63) is 66.0 Å². The Morgan fingerprint density at radius 3 is 2.78 bits per heavy atom. The first kappa shape index (κ1) is 21.6. The van der Waals surface area contributed by atoms with Gasteiger partial charge in [0.05, 0.1) is 18.4 Å². The second-order valence-corrected chi connectivity index (χ2v) is 7.93. The number of benzene rings is 1. The average molecular weight is 435 g/mol. The van der Waals surface area contributed by atoms with Crippen LogP contribution in [0.1, 0.15) is 23.9 Å². The van der Waals surface area contributed by atoms with E-state index in [4.69, 9.17) is 4.99 Å².